The minimum Gasteiger partial charge on any atom is -0.496 e. The van der Waals surface area contributed by atoms with Gasteiger partial charge in [-0.1, -0.05) is 30.3 Å². The highest BCUT2D eigenvalue weighted by Gasteiger charge is 2.13. The monoisotopic (exact) mass is 362 g/mol. The number of benzene rings is 2. The summed E-state index contributed by atoms with van der Waals surface area (Å²) in [4.78, 5) is 15.9. The molecule has 1 aromatic heterocycles. The molecule has 3 rings (SSSR count). The van der Waals surface area contributed by atoms with Crippen LogP contribution in [0.15, 0.2) is 64.3 Å². The van der Waals surface area contributed by atoms with Crippen LogP contribution in [0.3, 0.4) is 0 Å². The summed E-state index contributed by atoms with van der Waals surface area (Å²) in [5.41, 5.74) is 2.93. The van der Waals surface area contributed by atoms with E-state index in [0.717, 1.165) is 22.6 Å². The van der Waals surface area contributed by atoms with Crippen molar-refractivity contribution in [1.82, 2.24) is 4.98 Å². The number of nitrogens with one attached hydrogen (secondary N) is 1. The van der Waals surface area contributed by atoms with Crippen LogP contribution in [-0.2, 0) is 5.75 Å². The van der Waals surface area contributed by atoms with Gasteiger partial charge in [0, 0.05) is 27.5 Å². The third kappa shape index (κ3) is 3.81. The van der Waals surface area contributed by atoms with Crippen molar-refractivity contribution in [2.75, 3.05) is 7.11 Å². The molecule has 5 heteroatoms. The van der Waals surface area contributed by atoms with Crippen molar-refractivity contribution in [2.24, 2.45) is 0 Å². The number of aromatic amines is 1. The molecule has 26 heavy (non-hydrogen) atoms. The molecule has 2 aromatic carbocycles. The lowest BCUT2D eigenvalue weighted by atomic mass is 9.99. The predicted molar refractivity (Wildman–Crippen MR) is 105 cm³/mol. The Hall–Kier alpha value is -2.97. The lowest BCUT2D eigenvalue weighted by Crippen LogP contribution is -2.12. The molecule has 0 aliphatic rings. The van der Waals surface area contributed by atoms with Crippen molar-refractivity contribution in [3.63, 3.8) is 0 Å². The fraction of sp³-hybridized carbons (Fsp3) is 0.143. The quantitative estimate of drug-likeness (QED) is 0.678. The van der Waals surface area contributed by atoms with Gasteiger partial charge in [0.2, 0.25) is 0 Å². The fourth-order valence-electron chi connectivity index (χ4n) is 2.74. The van der Waals surface area contributed by atoms with Crippen LogP contribution >= 0.6 is 11.8 Å². The molecule has 0 aliphatic carbocycles. The standard InChI is InChI=1S/C21H18N2O2S/c1-14-10-18(19(12-22)21(24)23-14)15-8-9-16(20(11-15)25-2)13-26-17-6-4-3-5-7-17/h3-11H,13H2,1-2H3,(H,23,24). The van der Waals surface area contributed by atoms with Gasteiger partial charge in [0.15, 0.2) is 0 Å². The number of thioether (sulfide) groups is 1. The highest BCUT2D eigenvalue weighted by atomic mass is 32.2. The zero-order valence-electron chi connectivity index (χ0n) is 14.6. The van der Waals surface area contributed by atoms with Gasteiger partial charge in [0.05, 0.1) is 7.11 Å². The average molecular weight is 362 g/mol. The van der Waals surface area contributed by atoms with Gasteiger partial charge in [-0.25, -0.2) is 0 Å². The molecular formula is C21H18N2O2S. The highest BCUT2D eigenvalue weighted by molar-refractivity contribution is 7.98. The Labute approximate surface area is 156 Å². The number of nitriles is 1. The Morgan fingerprint density at radius 2 is 1.92 bits per heavy atom. The van der Waals surface area contributed by atoms with Gasteiger partial charge in [0.1, 0.15) is 17.4 Å². The van der Waals surface area contributed by atoms with Gasteiger partial charge in [-0.15, -0.1) is 11.8 Å². The van der Waals surface area contributed by atoms with Crippen LogP contribution in [0.1, 0.15) is 16.8 Å². The summed E-state index contributed by atoms with van der Waals surface area (Å²) in [6, 6.07) is 19.8. The van der Waals surface area contributed by atoms with Gasteiger partial charge in [-0.2, -0.15) is 5.26 Å². The molecule has 0 spiro atoms. The number of hydrogen-bond donors (Lipinski definition) is 1. The number of aromatic nitrogens is 1. The van der Waals surface area contributed by atoms with E-state index in [4.69, 9.17) is 4.74 Å². The number of rotatable bonds is 5. The first-order valence-corrected chi connectivity index (χ1v) is 9.10. The summed E-state index contributed by atoms with van der Waals surface area (Å²) in [5.74, 6) is 1.51. The molecule has 0 saturated carbocycles. The Kier molecular flexibility index (Phi) is 5.45. The van der Waals surface area contributed by atoms with E-state index in [1.165, 1.54) is 4.90 Å². The first-order valence-electron chi connectivity index (χ1n) is 8.11. The third-order valence-electron chi connectivity index (χ3n) is 4.02. The summed E-state index contributed by atoms with van der Waals surface area (Å²) >= 11 is 1.73. The maximum Gasteiger partial charge on any atom is 0.266 e. The number of hydrogen-bond acceptors (Lipinski definition) is 4. The van der Waals surface area contributed by atoms with E-state index >= 15 is 0 Å². The van der Waals surface area contributed by atoms with Crippen molar-refractivity contribution in [2.45, 2.75) is 17.6 Å². The maximum atomic E-state index is 12.0. The molecule has 0 amide bonds. The van der Waals surface area contributed by atoms with Gasteiger partial charge in [-0.3, -0.25) is 4.79 Å². The lowest BCUT2D eigenvalue weighted by molar-refractivity contribution is 0.411. The van der Waals surface area contributed by atoms with Gasteiger partial charge in [-0.05, 0) is 36.8 Å². The summed E-state index contributed by atoms with van der Waals surface area (Å²) in [6.07, 6.45) is 0. The van der Waals surface area contributed by atoms with Crippen LogP contribution in [0.25, 0.3) is 11.1 Å². The molecule has 0 fully saturated rings. The zero-order chi connectivity index (χ0) is 18.5. The summed E-state index contributed by atoms with van der Waals surface area (Å²) in [5, 5.41) is 9.34. The molecule has 0 unspecified atom stereocenters. The van der Waals surface area contributed by atoms with Crippen LogP contribution in [0.2, 0.25) is 0 Å². The summed E-state index contributed by atoms with van der Waals surface area (Å²) < 4.78 is 5.55. The molecule has 0 bridgehead atoms. The van der Waals surface area contributed by atoms with E-state index in [1.54, 1.807) is 25.8 Å². The van der Waals surface area contributed by atoms with Gasteiger partial charge in [0.25, 0.3) is 5.56 Å². The Balaban J connectivity index is 1.95. The second-order valence-corrected chi connectivity index (χ2v) is 6.86. The van der Waals surface area contributed by atoms with E-state index in [-0.39, 0.29) is 11.1 Å². The van der Waals surface area contributed by atoms with Crippen LogP contribution in [0.5, 0.6) is 5.75 Å². The van der Waals surface area contributed by atoms with Crippen LogP contribution < -0.4 is 10.3 Å². The second kappa shape index (κ2) is 7.94. The van der Waals surface area contributed by atoms with E-state index in [2.05, 4.69) is 17.1 Å². The largest absolute Gasteiger partial charge is 0.496 e. The number of nitrogens with zero attached hydrogens (tertiary/aromatic N) is 1. The molecule has 1 heterocycles. The minimum atomic E-state index is -0.370. The smallest absolute Gasteiger partial charge is 0.266 e. The molecule has 0 radical (unpaired) electrons. The third-order valence-corrected chi connectivity index (χ3v) is 5.08. The summed E-state index contributed by atoms with van der Waals surface area (Å²) in [6.45, 7) is 1.80. The topological polar surface area (TPSA) is 65.9 Å². The highest BCUT2D eigenvalue weighted by Crippen LogP contribution is 2.32. The number of ether oxygens (including phenoxy) is 1. The fourth-order valence-corrected chi connectivity index (χ4v) is 3.65. The average Bonchev–Trinajstić information content (AvgIpc) is 2.66. The number of methoxy groups -OCH3 is 1. The SMILES string of the molecule is COc1cc(-c2cc(C)[nH]c(=O)c2C#N)ccc1CSc1ccccc1. The normalized spacial score (nSPS) is 10.3. The molecule has 4 nitrogen and oxygen atoms in total. The molecule has 0 aliphatic heterocycles. The molecule has 130 valence electrons. The molecule has 3 aromatic rings. The molecule has 1 N–H and O–H groups in total. The van der Waals surface area contributed by atoms with Crippen molar-refractivity contribution in [1.29, 1.82) is 5.26 Å². The minimum absolute atomic E-state index is 0.115. The van der Waals surface area contributed by atoms with E-state index < -0.39 is 0 Å². The number of pyridine rings is 1. The molecule has 0 atom stereocenters. The van der Waals surface area contributed by atoms with Crippen molar-refractivity contribution in [3.05, 3.63) is 81.8 Å². The number of aryl methyl sites for hydroxylation is 1. The number of H-pyrrole nitrogens is 1. The maximum absolute atomic E-state index is 12.0. The predicted octanol–water partition coefficient (Wildman–Crippen LogP) is 4.52. The Bertz CT molecular complexity index is 1020. The van der Waals surface area contributed by atoms with Gasteiger partial charge >= 0.3 is 0 Å². The molecule has 0 saturated heterocycles. The van der Waals surface area contributed by atoms with Crippen LogP contribution in [-0.4, -0.2) is 12.1 Å². The first-order chi connectivity index (χ1) is 12.6. The van der Waals surface area contributed by atoms with Crippen molar-refractivity contribution < 1.29 is 4.74 Å². The Morgan fingerprint density at radius 3 is 2.62 bits per heavy atom. The van der Waals surface area contributed by atoms with Crippen LogP contribution in [0.4, 0.5) is 0 Å². The summed E-state index contributed by atoms with van der Waals surface area (Å²) in [7, 11) is 1.63. The first kappa shape index (κ1) is 17.8. The molecular weight excluding hydrogens is 344 g/mol. The van der Waals surface area contributed by atoms with E-state index in [0.29, 0.717) is 11.3 Å². The lowest BCUT2D eigenvalue weighted by Gasteiger charge is -2.12. The van der Waals surface area contributed by atoms with Crippen LogP contribution in [0, 0.1) is 18.3 Å². The van der Waals surface area contributed by atoms with Gasteiger partial charge < -0.3 is 9.72 Å². The zero-order valence-corrected chi connectivity index (χ0v) is 15.4. The Morgan fingerprint density at radius 1 is 1.15 bits per heavy atom. The second-order valence-electron chi connectivity index (χ2n) is 5.81. The van der Waals surface area contributed by atoms with E-state index in [9.17, 15) is 10.1 Å². The van der Waals surface area contributed by atoms with Crippen molar-refractivity contribution >= 4 is 11.8 Å². The van der Waals surface area contributed by atoms with Crippen molar-refractivity contribution in [3.8, 4) is 22.9 Å². The van der Waals surface area contributed by atoms with E-state index in [1.807, 2.05) is 48.5 Å².